The van der Waals surface area contributed by atoms with Gasteiger partial charge in [0.15, 0.2) is 0 Å². The molecule has 2 amide bonds. The second-order valence-corrected chi connectivity index (χ2v) is 10.3. The summed E-state index contributed by atoms with van der Waals surface area (Å²) in [7, 11) is -9.82. The average molecular weight is 468 g/mol. The van der Waals surface area contributed by atoms with Crippen molar-refractivity contribution in [1.82, 2.24) is 0 Å². The van der Waals surface area contributed by atoms with Crippen molar-refractivity contribution in [3.63, 3.8) is 0 Å². The molecule has 0 aromatic heterocycles. The van der Waals surface area contributed by atoms with Crippen LogP contribution in [-0.4, -0.2) is 6.03 Å². The first-order valence-corrected chi connectivity index (χ1v) is 12.0. The molecule has 0 fully saturated rings. The van der Waals surface area contributed by atoms with Crippen LogP contribution in [0.1, 0.15) is 24.0 Å². The molecular formula is C23H21F5N2OS. The Balaban J connectivity index is 1.44. The number of fused-ring (bicyclic) bond motifs is 1. The molecular weight excluding hydrogens is 447 g/mol. The van der Waals surface area contributed by atoms with E-state index in [1.54, 1.807) is 12.1 Å². The monoisotopic (exact) mass is 468 g/mol. The summed E-state index contributed by atoms with van der Waals surface area (Å²) in [6.45, 7) is 0. The molecule has 9 heteroatoms. The van der Waals surface area contributed by atoms with E-state index >= 15 is 0 Å². The fourth-order valence-corrected chi connectivity index (χ4v) is 4.45. The van der Waals surface area contributed by atoms with Crippen LogP contribution in [0.3, 0.4) is 0 Å². The zero-order chi connectivity index (χ0) is 23.0. The third kappa shape index (κ3) is 5.21. The molecule has 0 bridgehead atoms. The van der Waals surface area contributed by atoms with Crippen LogP contribution in [0.5, 0.6) is 0 Å². The summed E-state index contributed by atoms with van der Waals surface area (Å²) in [6, 6.07) is 14.9. The number of amides is 2. The number of carbonyl (C=O) groups excluding carboxylic acids is 1. The molecule has 0 unspecified atom stereocenters. The Hall–Kier alpha value is -3.07. The van der Waals surface area contributed by atoms with E-state index < -0.39 is 21.2 Å². The van der Waals surface area contributed by atoms with Gasteiger partial charge >= 0.3 is 16.3 Å². The summed E-state index contributed by atoms with van der Waals surface area (Å²) in [5, 5.41) is 4.64. The van der Waals surface area contributed by atoms with E-state index in [1.165, 1.54) is 24.0 Å². The van der Waals surface area contributed by atoms with Gasteiger partial charge in [-0.2, -0.15) is 0 Å². The highest BCUT2D eigenvalue weighted by Gasteiger charge is 2.65. The van der Waals surface area contributed by atoms with Crippen LogP contribution < -0.4 is 10.6 Å². The highest BCUT2D eigenvalue weighted by Crippen LogP contribution is 3.02. The Bertz CT molecular complexity index is 1180. The predicted octanol–water partition coefficient (Wildman–Crippen LogP) is 8.53. The van der Waals surface area contributed by atoms with E-state index in [1.807, 2.05) is 12.1 Å². The third-order valence-electron chi connectivity index (χ3n) is 5.36. The van der Waals surface area contributed by atoms with Gasteiger partial charge in [0.2, 0.25) is 0 Å². The summed E-state index contributed by atoms with van der Waals surface area (Å²) in [4.78, 5) is 10.1. The molecule has 0 aliphatic heterocycles. The first-order valence-electron chi connectivity index (χ1n) is 10.0. The number of nitrogens with one attached hydrogen (secondary N) is 2. The van der Waals surface area contributed by atoms with Crippen molar-refractivity contribution in [2.24, 2.45) is 0 Å². The van der Waals surface area contributed by atoms with Crippen LogP contribution >= 0.6 is 10.2 Å². The average Bonchev–Trinajstić information content (AvgIpc) is 2.72. The van der Waals surface area contributed by atoms with Crippen LogP contribution in [0.2, 0.25) is 0 Å². The second kappa shape index (κ2) is 7.23. The minimum Gasteiger partial charge on any atom is -0.308 e. The number of carbonyl (C=O) groups is 1. The number of hydrogen-bond acceptors (Lipinski definition) is 1. The lowest BCUT2D eigenvalue weighted by molar-refractivity contribution is 0.262. The molecule has 0 radical (unpaired) electrons. The highest BCUT2D eigenvalue weighted by atomic mass is 32.5. The molecule has 0 spiro atoms. The molecule has 1 aliphatic carbocycles. The van der Waals surface area contributed by atoms with Gasteiger partial charge < -0.3 is 10.6 Å². The Morgan fingerprint density at radius 2 is 1.31 bits per heavy atom. The van der Waals surface area contributed by atoms with Crippen LogP contribution in [0, 0.1) is 0 Å². The van der Waals surface area contributed by atoms with E-state index in [4.69, 9.17) is 0 Å². The molecule has 0 atom stereocenters. The molecule has 3 aromatic carbocycles. The normalized spacial score (nSPS) is 15.8. The fraction of sp³-hybridized carbons (Fsp3) is 0.174. The summed E-state index contributed by atoms with van der Waals surface area (Å²) in [6.07, 6.45) is 4.55. The second-order valence-electron chi connectivity index (χ2n) is 7.84. The molecule has 0 saturated heterocycles. The summed E-state index contributed by atoms with van der Waals surface area (Å²) in [5.41, 5.74) is 4.78. The summed E-state index contributed by atoms with van der Waals surface area (Å²) in [5.74, 6) is 0. The van der Waals surface area contributed by atoms with Crippen molar-refractivity contribution in [3.8, 4) is 11.1 Å². The van der Waals surface area contributed by atoms with Crippen LogP contribution in [-0.2, 0) is 12.8 Å². The largest absolute Gasteiger partial charge is 0.323 e. The lowest BCUT2D eigenvalue weighted by Crippen LogP contribution is -2.19. The van der Waals surface area contributed by atoms with Gasteiger partial charge in [-0.05, 0) is 78.3 Å². The van der Waals surface area contributed by atoms with Gasteiger partial charge in [-0.1, -0.05) is 55.8 Å². The first-order chi connectivity index (χ1) is 14.9. The lowest BCUT2D eigenvalue weighted by Gasteiger charge is -2.40. The smallest absolute Gasteiger partial charge is 0.308 e. The van der Waals surface area contributed by atoms with E-state index in [-0.39, 0.29) is 17.8 Å². The third-order valence-corrected chi connectivity index (χ3v) is 6.51. The maximum atomic E-state index is 13.0. The number of aryl methyl sites for hydroxylation is 2. The molecule has 32 heavy (non-hydrogen) atoms. The van der Waals surface area contributed by atoms with Crippen LogP contribution in [0.15, 0.2) is 71.6 Å². The van der Waals surface area contributed by atoms with Gasteiger partial charge in [0.25, 0.3) is 0 Å². The maximum Gasteiger partial charge on any atom is 0.323 e. The maximum absolute atomic E-state index is 13.0. The van der Waals surface area contributed by atoms with Crippen molar-refractivity contribution in [2.75, 3.05) is 10.6 Å². The number of halogens is 5. The van der Waals surface area contributed by atoms with Crippen molar-refractivity contribution < 1.29 is 24.2 Å². The van der Waals surface area contributed by atoms with Crippen LogP contribution in [0.25, 0.3) is 11.1 Å². The Morgan fingerprint density at radius 1 is 0.688 bits per heavy atom. The Labute approximate surface area is 182 Å². The first kappa shape index (κ1) is 22.1. The lowest BCUT2D eigenvalue weighted by atomic mass is 9.89. The quantitative estimate of drug-likeness (QED) is 0.370. The van der Waals surface area contributed by atoms with E-state index in [0.29, 0.717) is 5.69 Å². The van der Waals surface area contributed by atoms with Gasteiger partial charge in [0, 0.05) is 11.4 Å². The zero-order valence-corrected chi connectivity index (χ0v) is 17.7. The minimum absolute atomic E-state index is 0.223. The van der Waals surface area contributed by atoms with E-state index in [2.05, 4.69) is 28.8 Å². The Kier molecular flexibility index (Phi) is 5.00. The van der Waals surface area contributed by atoms with Gasteiger partial charge in [-0.25, -0.2) is 4.79 Å². The number of benzene rings is 3. The summed E-state index contributed by atoms with van der Waals surface area (Å²) >= 11 is 0. The van der Waals surface area contributed by atoms with E-state index in [9.17, 15) is 24.2 Å². The SMILES string of the molecule is O=C(Nc1ccc(-c2ccc3c(c2)CCCC3)cc1)Nc1cccc(S(F)(F)(F)(F)F)c1. The molecule has 3 aromatic rings. The number of hydrogen-bond donors (Lipinski definition) is 2. The predicted molar refractivity (Wildman–Crippen MR) is 119 cm³/mol. The van der Waals surface area contributed by atoms with Crippen molar-refractivity contribution in [1.29, 1.82) is 0 Å². The summed E-state index contributed by atoms with van der Waals surface area (Å²) < 4.78 is 64.8. The molecule has 2 N–H and O–H groups in total. The molecule has 0 heterocycles. The molecule has 3 nitrogen and oxygen atoms in total. The number of rotatable bonds is 4. The number of urea groups is 1. The van der Waals surface area contributed by atoms with Gasteiger partial charge in [-0.3, -0.25) is 0 Å². The van der Waals surface area contributed by atoms with Gasteiger partial charge in [0.1, 0.15) is 4.90 Å². The molecule has 170 valence electrons. The topological polar surface area (TPSA) is 41.1 Å². The van der Waals surface area contributed by atoms with E-state index in [0.717, 1.165) is 36.1 Å². The number of anilines is 2. The minimum atomic E-state index is -9.82. The molecule has 0 saturated carbocycles. The standard InChI is InChI=1S/C23H21F5N2OS/c24-32(25,26,27,28)22-7-3-6-21(15-22)30-23(31)29-20-12-10-17(11-13-20)19-9-8-16-4-1-2-5-18(16)14-19/h3,6-15H,1-2,4-5H2,(H2,29,30,31). The van der Waals surface area contributed by atoms with Crippen molar-refractivity contribution in [3.05, 3.63) is 77.9 Å². The van der Waals surface area contributed by atoms with Gasteiger partial charge in [-0.15, -0.1) is 0 Å². The Morgan fingerprint density at radius 3 is 2.00 bits per heavy atom. The fourth-order valence-electron chi connectivity index (χ4n) is 3.77. The zero-order valence-electron chi connectivity index (χ0n) is 16.9. The highest BCUT2D eigenvalue weighted by molar-refractivity contribution is 8.45. The molecule has 4 rings (SSSR count). The van der Waals surface area contributed by atoms with Crippen molar-refractivity contribution in [2.45, 2.75) is 30.6 Å². The molecule has 1 aliphatic rings. The van der Waals surface area contributed by atoms with Gasteiger partial charge in [0.05, 0.1) is 0 Å². The van der Waals surface area contributed by atoms with Crippen LogP contribution in [0.4, 0.5) is 35.6 Å². The van der Waals surface area contributed by atoms with Crippen molar-refractivity contribution >= 4 is 27.6 Å².